The number of hydrogen-bond acceptors (Lipinski definition) is 0. The summed E-state index contributed by atoms with van der Waals surface area (Å²) < 4.78 is 1.51. The molecule has 0 N–H and O–H groups in total. The second-order valence-corrected chi connectivity index (χ2v) is 21.3. The topological polar surface area (TPSA) is 0 Å². The molecular formula is C48H64Cl2Zr-2. The summed E-state index contributed by atoms with van der Waals surface area (Å²) in [4.78, 5) is 0. The van der Waals surface area contributed by atoms with Crippen molar-refractivity contribution >= 4 is 8.78 Å². The van der Waals surface area contributed by atoms with Crippen LogP contribution in [0.1, 0.15) is 130 Å². The van der Waals surface area contributed by atoms with Gasteiger partial charge in [0.05, 0.1) is 0 Å². The third-order valence-electron chi connectivity index (χ3n) is 16.1. The molecule has 5 fully saturated rings. The average Bonchev–Trinajstić information content (AvgIpc) is 3.65. The van der Waals surface area contributed by atoms with Crippen molar-refractivity contribution in [1.82, 2.24) is 0 Å². The smallest absolute Gasteiger partial charge is 0.0411 e. The summed E-state index contributed by atoms with van der Waals surface area (Å²) in [6, 6.07) is 16.4. The summed E-state index contributed by atoms with van der Waals surface area (Å²) in [6.45, 7) is 26.7. The van der Waals surface area contributed by atoms with Crippen LogP contribution in [0.4, 0.5) is 0 Å². The first-order valence-electron chi connectivity index (χ1n) is 20.0. The molecule has 0 saturated heterocycles. The Morgan fingerprint density at radius 1 is 0.863 bits per heavy atom. The Morgan fingerprint density at radius 3 is 1.98 bits per heavy atom. The van der Waals surface area contributed by atoms with Crippen molar-refractivity contribution in [2.75, 3.05) is 0 Å². The number of hydrogen-bond donors (Lipinski definition) is 0. The zero-order chi connectivity index (χ0) is 35.2. The third-order valence-corrected chi connectivity index (χ3v) is 16.1. The van der Waals surface area contributed by atoms with E-state index in [1.807, 2.05) is 0 Å². The Balaban J connectivity index is 0.000000193. The molecule has 51 heavy (non-hydrogen) atoms. The van der Waals surface area contributed by atoms with Gasteiger partial charge in [-0.2, -0.15) is 34.4 Å². The van der Waals surface area contributed by atoms with Crippen molar-refractivity contribution < 1.29 is 49.0 Å². The molecule has 4 bridgehead atoms. The molecule has 0 radical (unpaired) electrons. The Morgan fingerprint density at radius 2 is 1.43 bits per heavy atom. The van der Waals surface area contributed by atoms with Crippen molar-refractivity contribution in [3.05, 3.63) is 99.5 Å². The minimum Gasteiger partial charge on any atom is -1.00 e. The average molecular weight is 803 g/mol. The maximum Gasteiger partial charge on any atom is -0.0411 e. The number of allylic oxidation sites excluding steroid dienone is 6. The first-order valence-corrected chi connectivity index (χ1v) is 21.2. The molecule has 0 aromatic heterocycles. The molecule has 5 saturated carbocycles. The summed E-state index contributed by atoms with van der Waals surface area (Å²) in [7, 11) is 0. The van der Waals surface area contributed by atoms with E-state index in [-0.39, 0.29) is 35.6 Å². The van der Waals surface area contributed by atoms with Crippen LogP contribution in [0.2, 0.25) is 0 Å². The van der Waals surface area contributed by atoms with E-state index in [0.29, 0.717) is 35.0 Å². The van der Waals surface area contributed by atoms with Gasteiger partial charge in [-0.1, -0.05) is 146 Å². The largest absolute Gasteiger partial charge is 1.00 e. The van der Waals surface area contributed by atoms with Crippen LogP contribution in [0.25, 0.3) is 5.57 Å². The number of halogens is 2. The Hall–Kier alpha value is -1.01. The number of benzene rings is 1. The van der Waals surface area contributed by atoms with Crippen LogP contribution in [-0.2, 0) is 36.1 Å². The number of fused-ring (bicyclic) bond motifs is 6. The molecule has 2 aromatic rings. The standard InChI is InChI=1S/C29H37.C16H21.C3H6.2ClH.Zr/c1-16-13-14-25-26-23-12-10-9-11-22(23)15-24(26)27-19(4)17(2)18(3)21(6)29(27,8)28(25,7)20(16)5;1-11-2-3-15(4-11)16-8-12-5-13(9-16)7-14(6-12)10-16;1-3-2;;;/h9-14,16-18,20-21H,15H2,1-8H3;2-4,12-14H,5-10H2,1H3;1-2H3;2*1H;/q2*-1;;;;+2/p-2. The van der Waals surface area contributed by atoms with Gasteiger partial charge >= 0.3 is 41.3 Å². The van der Waals surface area contributed by atoms with E-state index in [4.69, 9.17) is 0 Å². The van der Waals surface area contributed by atoms with E-state index in [1.54, 1.807) is 77.3 Å². The van der Waals surface area contributed by atoms with Gasteiger partial charge in [0.2, 0.25) is 0 Å². The van der Waals surface area contributed by atoms with E-state index >= 15 is 0 Å². The molecular weight excluding hydrogens is 739 g/mol. The van der Waals surface area contributed by atoms with Gasteiger partial charge in [-0.25, -0.2) is 12.0 Å². The SMILES string of the molecule is C[C-]1C2=C3Cc4ccccc4C3=C3C=CC(C)C(C)C3(C)C2(C)C(C)C(C)C1C.C[C](C)=[Zr+2].Cc1cc(C23CC4CC(CC(C4)C2)C3)c[cH-]1.[Cl-].[Cl-]. The van der Waals surface area contributed by atoms with Crippen molar-refractivity contribution in [2.45, 2.75) is 127 Å². The molecule has 0 amide bonds. The maximum absolute atomic E-state index is 2.63. The molecule has 2 aromatic carbocycles. The summed E-state index contributed by atoms with van der Waals surface area (Å²) >= 11 is 1.55. The minimum atomic E-state index is 0. The molecule has 0 nitrogen and oxygen atoms in total. The zero-order valence-electron chi connectivity index (χ0n) is 33.5. The van der Waals surface area contributed by atoms with Crippen molar-refractivity contribution in [3.63, 3.8) is 0 Å². The van der Waals surface area contributed by atoms with Gasteiger partial charge in [0.25, 0.3) is 0 Å². The molecule has 10 rings (SSSR count). The van der Waals surface area contributed by atoms with E-state index in [9.17, 15) is 0 Å². The number of rotatable bonds is 1. The van der Waals surface area contributed by atoms with Gasteiger partial charge in [-0.15, -0.1) is 6.92 Å². The predicted molar refractivity (Wildman–Crippen MR) is 207 cm³/mol. The summed E-state index contributed by atoms with van der Waals surface area (Å²) in [5, 5.41) is 0. The molecule has 7 atom stereocenters. The van der Waals surface area contributed by atoms with Gasteiger partial charge in [0.15, 0.2) is 0 Å². The fraction of sp³-hybridized carbons (Fsp3) is 0.604. The van der Waals surface area contributed by atoms with E-state index in [2.05, 4.69) is 131 Å². The zero-order valence-corrected chi connectivity index (χ0v) is 37.5. The van der Waals surface area contributed by atoms with Crippen LogP contribution in [-0.4, -0.2) is 3.21 Å². The Labute approximate surface area is 339 Å². The van der Waals surface area contributed by atoms with Gasteiger partial charge in [-0.05, 0) is 71.7 Å². The summed E-state index contributed by atoms with van der Waals surface area (Å²) in [6.07, 6.45) is 15.3. The van der Waals surface area contributed by atoms with Crippen molar-refractivity contribution in [3.8, 4) is 0 Å². The monoisotopic (exact) mass is 800 g/mol. The summed E-state index contributed by atoms with van der Waals surface area (Å²) in [5.74, 6) is 8.14. The van der Waals surface area contributed by atoms with E-state index in [0.717, 1.165) is 24.2 Å². The second kappa shape index (κ2) is 14.9. The van der Waals surface area contributed by atoms with Crippen LogP contribution in [0.15, 0.2) is 71.3 Å². The second-order valence-electron chi connectivity index (χ2n) is 18.9. The van der Waals surface area contributed by atoms with Crippen LogP contribution in [0, 0.1) is 71.0 Å². The van der Waals surface area contributed by atoms with Crippen LogP contribution in [0.5, 0.6) is 0 Å². The summed E-state index contributed by atoms with van der Waals surface area (Å²) in [5.41, 5.74) is 13.7. The Bertz CT molecular complexity index is 1680. The van der Waals surface area contributed by atoms with Crippen LogP contribution >= 0.6 is 0 Å². The maximum atomic E-state index is 2.63. The number of aryl methyl sites for hydroxylation is 1. The first kappa shape index (κ1) is 41.2. The van der Waals surface area contributed by atoms with Crippen LogP contribution in [0.3, 0.4) is 0 Å². The molecule has 0 aliphatic heterocycles. The van der Waals surface area contributed by atoms with Gasteiger partial charge in [0.1, 0.15) is 0 Å². The molecule has 8 aliphatic carbocycles. The van der Waals surface area contributed by atoms with Gasteiger partial charge in [-0.3, -0.25) is 0 Å². The van der Waals surface area contributed by atoms with E-state index in [1.165, 1.54) is 39.2 Å². The molecule has 276 valence electrons. The minimum absolute atomic E-state index is 0. The van der Waals surface area contributed by atoms with Gasteiger partial charge < -0.3 is 24.8 Å². The van der Waals surface area contributed by atoms with Gasteiger partial charge in [0, 0.05) is 5.41 Å². The predicted octanol–water partition coefficient (Wildman–Crippen LogP) is 6.61. The Kier molecular flexibility index (Phi) is 12.0. The molecule has 8 aliphatic rings. The first-order chi connectivity index (χ1) is 23.1. The molecule has 0 heterocycles. The molecule has 7 unspecified atom stereocenters. The normalized spacial score (nSPS) is 39.3. The fourth-order valence-corrected chi connectivity index (χ4v) is 13.2. The van der Waals surface area contributed by atoms with E-state index < -0.39 is 0 Å². The van der Waals surface area contributed by atoms with Crippen LogP contribution < -0.4 is 24.8 Å². The quantitative estimate of drug-likeness (QED) is 0.285. The fourth-order valence-electron chi connectivity index (χ4n) is 13.2. The van der Waals surface area contributed by atoms with Crippen molar-refractivity contribution in [2.24, 2.45) is 58.2 Å². The van der Waals surface area contributed by atoms with Crippen molar-refractivity contribution in [1.29, 1.82) is 0 Å². The third kappa shape index (κ3) is 6.40. The molecule has 0 spiro atoms. The molecule has 3 heteroatoms.